The number of Topliss-reactive ketones (excluding diaryl/α,β-unsaturated/α-hetero) is 1. The summed E-state index contributed by atoms with van der Waals surface area (Å²) in [6.45, 7) is 1.57. The lowest BCUT2D eigenvalue weighted by Gasteiger charge is -1.83. The number of rotatable bonds is 4. The van der Waals surface area contributed by atoms with E-state index in [9.17, 15) is 4.79 Å². The third-order valence-corrected chi connectivity index (χ3v) is 1.03. The Kier molecular flexibility index (Phi) is 5.47. The molecule has 1 nitrogen and oxygen atoms in total. The Morgan fingerprint density at radius 3 is 2.80 bits per heavy atom. The Morgan fingerprint density at radius 1 is 1.60 bits per heavy atom. The van der Waals surface area contributed by atoms with Crippen LogP contribution in [0, 0.1) is 12.3 Å². The molecule has 0 aliphatic heterocycles. The molecule has 0 aromatic rings. The molecule has 0 heterocycles. The molecule has 0 aromatic carbocycles. The van der Waals surface area contributed by atoms with Gasteiger partial charge in [0.15, 0.2) is 0 Å². The Bertz CT molecular complexity index is 160. The third-order valence-electron chi connectivity index (χ3n) is 1.03. The van der Waals surface area contributed by atoms with Crippen LogP contribution in [-0.4, -0.2) is 5.78 Å². The maximum absolute atomic E-state index is 10.4. The van der Waals surface area contributed by atoms with Crippen molar-refractivity contribution >= 4 is 5.78 Å². The van der Waals surface area contributed by atoms with Crippen molar-refractivity contribution in [3.8, 4) is 12.3 Å². The molecule has 0 unspecified atom stereocenters. The van der Waals surface area contributed by atoms with Crippen molar-refractivity contribution in [1.82, 2.24) is 0 Å². The molecular formula is C9H12O. The van der Waals surface area contributed by atoms with E-state index in [1.54, 1.807) is 6.92 Å². The quantitative estimate of drug-likeness (QED) is 0.328. The average molecular weight is 136 g/mol. The van der Waals surface area contributed by atoms with Gasteiger partial charge in [-0.05, 0) is 13.3 Å². The maximum Gasteiger partial charge on any atom is 0.133 e. The van der Waals surface area contributed by atoms with Gasteiger partial charge in [-0.2, -0.15) is 0 Å². The Labute approximate surface area is 62.1 Å². The number of allylic oxidation sites excluding steroid dienone is 2. The van der Waals surface area contributed by atoms with Gasteiger partial charge in [0.25, 0.3) is 0 Å². The molecule has 0 atom stereocenters. The topological polar surface area (TPSA) is 17.1 Å². The summed E-state index contributed by atoms with van der Waals surface area (Å²) < 4.78 is 0. The fraction of sp³-hybridized carbons (Fsp3) is 0.444. The fourth-order valence-electron chi connectivity index (χ4n) is 0.534. The van der Waals surface area contributed by atoms with E-state index in [2.05, 4.69) is 5.92 Å². The predicted octanol–water partition coefficient (Wildman–Crippen LogP) is 1.94. The summed E-state index contributed by atoms with van der Waals surface area (Å²) in [6.07, 6.45) is 11.0. The first-order valence-corrected chi connectivity index (χ1v) is 3.35. The van der Waals surface area contributed by atoms with Gasteiger partial charge in [-0.25, -0.2) is 0 Å². The first-order chi connectivity index (χ1) is 4.77. The van der Waals surface area contributed by atoms with Gasteiger partial charge < -0.3 is 0 Å². The van der Waals surface area contributed by atoms with E-state index in [1.165, 1.54) is 0 Å². The van der Waals surface area contributed by atoms with Crippen molar-refractivity contribution in [1.29, 1.82) is 0 Å². The second-order valence-electron chi connectivity index (χ2n) is 2.12. The first-order valence-electron chi connectivity index (χ1n) is 3.35. The zero-order valence-electron chi connectivity index (χ0n) is 6.26. The summed E-state index contributed by atoms with van der Waals surface area (Å²) in [5.41, 5.74) is 0. The summed E-state index contributed by atoms with van der Waals surface area (Å²) in [7, 11) is 0. The van der Waals surface area contributed by atoms with Crippen molar-refractivity contribution in [2.24, 2.45) is 0 Å². The molecule has 1 heteroatoms. The van der Waals surface area contributed by atoms with Crippen molar-refractivity contribution in [2.75, 3.05) is 0 Å². The molecule has 0 amide bonds. The predicted molar refractivity (Wildman–Crippen MR) is 42.5 cm³/mol. The molecule has 0 saturated heterocycles. The Hall–Kier alpha value is -1.03. The second kappa shape index (κ2) is 6.10. The molecule has 0 rings (SSSR count). The fourth-order valence-corrected chi connectivity index (χ4v) is 0.534. The van der Waals surface area contributed by atoms with Crippen LogP contribution in [0.4, 0.5) is 0 Å². The van der Waals surface area contributed by atoms with Gasteiger partial charge in [-0.15, -0.1) is 12.3 Å². The van der Waals surface area contributed by atoms with E-state index in [0.717, 1.165) is 12.8 Å². The molecule has 0 spiro atoms. The van der Waals surface area contributed by atoms with Crippen LogP contribution in [-0.2, 0) is 4.79 Å². The minimum Gasteiger partial charge on any atom is -0.300 e. The summed E-state index contributed by atoms with van der Waals surface area (Å²) in [6, 6.07) is 0. The number of carbonyl (C=O) groups excluding carboxylic acids is 1. The van der Waals surface area contributed by atoms with Gasteiger partial charge in [0, 0.05) is 12.8 Å². The number of hydrogen-bond donors (Lipinski definition) is 0. The molecule has 54 valence electrons. The highest BCUT2D eigenvalue weighted by atomic mass is 16.1. The number of ketones is 1. The molecule has 0 radical (unpaired) electrons. The average Bonchev–Trinajstić information content (AvgIpc) is 1.87. The Balaban J connectivity index is 3.22. The summed E-state index contributed by atoms with van der Waals surface area (Å²) in [5, 5.41) is 0. The van der Waals surface area contributed by atoms with Crippen LogP contribution < -0.4 is 0 Å². The van der Waals surface area contributed by atoms with Crippen LogP contribution in [0.25, 0.3) is 0 Å². The molecule has 10 heavy (non-hydrogen) atoms. The lowest BCUT2D eigenvalue weighted by Crippen LogP contribution is -1.83. The third kappa shape index (κ3) is 6.97. The molecule has 0 bridgehead atoms. The highest BCUT2D eigenvalue weighted by Crippen LogP contribution is 1.91. The summed E-state index contributed by atoms with van der Waals surface area (Å²) >= 11 is 0. The number of carbonyl (C=O) groups is 1. The van der Waals surface area contributed by atoms with Crippen LogP contribution in [0.5, 0.6) is 0 Å². The second-order valence-corrected chi connectivity index (χ2v) is 2.12. The lowest BCUT2D eigenvalue weighted by molar-refractivity contribution is -0.116. The molecule has 0 N–H and O–H groups in total. The zero-order chi connectivity index (χ0) is 7.82. The minimum absolute atomic E-state index is 0.192. The van der Waals surface area contributed by atoms with Crippen LogP contribution in [0.15, 0.2) is 12.2 Å². The highest BCUT2D eigenvalue weighted by molar-refractivity contribution is 5.76. The molecule has 0 aliphatic carbocycles. The highest BCUT2D eigenvalue weighted by Gasteiger charge is 1.83. The summed E-state index contributed by atoms with van der Waals surface area (Å²) in [4.78, 5) is 10.4. The van der Waals surface area contributed by atoms with E-state index in [-0.39, 0.29) is 5.78 Å². The maximum atomic E-state index is 10.4. The van der Waals surface area contributed by atoms with Crippen molar-refractivity contribution in [2.45, 2.75) is 26.2 Å². The van der Waals surface area contributed by atoms with E-state index >= 15 is 0 Å². The minimum atomic E-state index is 0.192. The largest absolute Gasteiger partial charge is 0.300 e. The number of unbranched alkanes of at least 4 members (excludes halogenated alkanes) is 1. The Morgan fingerprint density at radius 2 is 2.30 bits per heavy atom. The van der Waals surface area contributed by atoms with Crippen molar-refractivity contribution in [3.63, 3.8) is 0 Å². The van der Waals surface area contributed by atoms with Gasteiger partial charge in [-0.3, -0.25) is 4.79 Å². The van der Waals surface area contributed by atoms with Crippen LogP contribution in [0.2, 0.25) is 0 Å². The smallest absolute Gasteiger partial charge is 0.133 e. The standard InChI is InChI=1S/C9H12O/c1-3-4-5-6-7-8-9(2)10/h1,6-7H,4-5,8H2,2H3/b7-6+. The molecule has 0 saturated carbocycles. The van der Waals surface area contributed by atoms with Crippen LogP contribution in [0.1, 0.15) is 26.2 Å². The first kappa shape index (κ1) is 8.97. The van der Waals surface area contributed by atoms with Gasteiger partial charge in [0.2, 0.25) is 0 Å². The van der Waals surface area contributed by atoms with Crippen molar-refractivity contribution < 1.29 is 4.79 Å². The van der Waals surface area contributed by atoms with Crippen LogP contribution in [0.3, 0.4) is 0 Å². The van der Waals surface area contributed by atoms with Gasteiger partial charge in [0.05, 0.1) is 0 Å². The van der Waals surface area contributed by atoms with E-state index in [0.29, 0.717) is 6.42 Å². The van der Waals surface area contributed by atoms with Crippen LogP contribution >= 0.6 is 0 Å². The van der Waals surface area contributed by atoms with E-state index < -0.39 is 0 Å². The molecule has 0 aliphatic rings. The number of hydrogen-bond acceptors (Lipinski definition) is 1. The monoisotopic (exact) mass is 136 g/mol. The van der Waals surface area contributed by atoms with Gasteiger partial charge >= 0.3 is 0 Å². The van der Waals surface area contributed by atoms with Gasteiger partial charge in [0.1, 0.15) is 5.78 Å². The van der Waals surface area contributed by atoms with E-state index in [1.807, 2.05) is 12.2 Å². The molecule has 0 aromatic heterocycles. The molecule has 0 fully saturated rings. The molecular weight excluding hydrogens is 124 g/mol. The SMILES string of the molecule is C#CCC/C=C/CC(C)=O. The van der Waals surface area contributed by atoms with Gasteiger partial charge in [-0.1, -0.05) is 12.2 Å². The number of terminal acetylenes is 1. The summed E-state index contributed by atoms with van der Waals surface area (Å²) in [5.74, 6) is 2.71. The van der Waals surface area contributed by atoms with Crippen molar-refractivity contribution in [3.05, 3.63) is 12.2 Å². The lowest BCUT2D eigenvalue weighted by atomic mass is 10.2. The zero-order valence-corrected chi connectivity index (χ0v) is 6.26. The van der Waals surface area contributed by atoms with E-state index in [4.69, 9.17) is 6.42 Å². The normalized spacial score (nSPS) is 9.60.